The van der Waals surface area contributed by atoms with Gasteiger partial charge in [-0.15, -0.1) is 0 Å². The third-order valence-corrected chi connectivity index (χ3v) is 3.32. The number of carbonyl (C=O) groups is 1. The molecule has 0 aliphatic carbocycles. The quantitative estimate of drug-likeness (QED) is 0.842. The number of carbonyl (C=O) groups excluding carboxylic acids is 1. The van der Waals surface area contributed by atoms with E-state index in [1.54, 1.807) is 6.07 Å². The van der Waals surface area contributed by atoms with Crippen LogP contribution in [0.5, 0.6) is 0 Å². The first kappa shape index (κ1) is 13.2. The van der Waals surface area contributed by atoms with Gasteiger partial charge >= 0.3 is 0 Å². The summed E-state index contributed by atoms with van der Waals surface area (Å²) in [6.07, 6.45) is 1.90. The van der Waals surface area contributed by atoms with Crippen LogP contribution < -0.4 is 0 Å². The SMILES string of the molecule is CCN(CC)C(=O)Cn1ccc2cc(C#N)ccc21. The molecule has 4 nitrogen and oxygen atoms in total. The number of amides is 1. The van der Waals surface area contributed by atoms with Gasteiger partial charge in [0.15, 0.2) is 0 Å². The molecule has 1 aromatic heterocycles. The molecule has 0 bridgehead atoms. The van der Waals surface area contributed by atoms with Gasteiger partial charge in [-0.25, -0.2) is 0 Å². The molecule has 2 rings (SSSR count). The fourth-order valence-corrected chi connectivity index (χ4v) is 2.23. The van der Waals surface area contributed by atoms with Gasteiger partial charge in [0, 0.05) is 30.2 Å². The van der Waals surface area contributed by atoms with Crippen molar-refractivity contribution in [2.24, 2.45) is 0 Å². The lowest BCUT2D eigenvalue weighted by atomic mass is 10.2. The predicted octanol–water partition coefficient (Wildman–Crippen LogP) is 2.38. The summed E-state index contributed by atoms with van der Waals surface area (Å²) in [5.41, 5.74) is 1.62. The minimum atomic E-state index is 0.117. The first-order valence-corrected chi connectivity index (χ1v) is 6.46. The highest BCUT2D eigenvalue weighted by atomic mass is 16.2. The highest BCUT2D eigenvalue weighted by Gasteiger charge is 2.11. The summed E-state index contributed by atoms with van der Waals surface area (Å²) < 4.78 is 1.93. The average Bonchev–Trinajstić information content (AvgIpc) is 2.82. The largest absolute Gasteiger partial charge is 0.342 e. The van der Waals surface area contributed by atoms with E-state index in [4.69, 9.17) is 5.26 Å². The number of fused-ring (bicyclic) bond motifs is 1. The summed E-state index contributed by atoms with van der Waals surface area (Å²) >= 11 is 0. The normalized spacial score (nSPS) is 10.4. The molecule has 0 aliphatic rings. The van der Waals surface area contributed by atoms with Crippen LogP contribution in [0.25, 0.3) is 10.9 Å². The summed E-state index contributed by atoms with van der Waals surface area (Å²) in [4.78, 5) is 13.9. The molecule has 0 atom stereocenters. The van der Waals surface area contributed by atoms with E-state index in [-0.39, 0.29) is 5.91 Å². The Hall–Kier alpha value is -2.28. The summed E-state index contributed by atoms with van der Waals surface area (Å²) in [7, 11) is 0. The van der Waals surface area contributed by atoms with Gasteiger partial charge in [-0.2, -0.15) is 5.26 Å². The van der Waals surface area contributed by atoms with Crippen molar-refractivity contribution in [1.82, 2.24) is 9.47 Å². The maximum absolute atomic E-state index is 12.1. The highest BCUT2D eigenvalue weighted by Crippen LogP contribution is 2.17. The number of nitrogens with zero attached hydrogens (tertiary/aromatic N) is 3. The van der Waals surface area contributed by atoms with E-state index in [1.165, 1.54) is 0 Å². The van der Waals surface area contributed by atoms with Crippen LogP contribution in [0, 0.1) is 11.3 Å². The summed E-state index contributed by atoms with van der Waals surface area (Å²) in [6.45, 7) is 5.76. The molecule has 1 aromatic carbocycles. The maximum atomic E-state index is 12.1. The van der Waals surface area contributed by atoms with E-state index >= 15 is 0 Å². The van der Waals surface area contributed by atoms with Gasteiger partial charge in [0.25, 0.3) is 0 Å². The van der Waals surface area contributed by atoms with Crippen molar-refractivity contribution in [3.63, 3.8) is 0 Å². The zero-order valence-electron chi connectivity index (χ0n) is 11.3. The first-order chi connectivity index (χ1) is 9.19. The molecular formula is C15H17N3O. The Morgan fingerprint density at radius 1 is 1.32 bits per heavy atom. The number of benzene rings is 1. The van der Waals surface area contributed by atoms with Crippen molar-refractivity contribution in [2.45, 2.75) is 20.4 Å². The molecule has 0 saturated heterocycles. The Balaban J connectivity index is 2.27. The van der Waals surface area contributed by atoms with E-state index in [2.05, 4.69) is 6.07 Å². The van der Waals surface area contributed by atoms with Gasteiger partial charge in [0.05, 0.1) is 11.6 Å². The van der Waals surface area contributed by atoms with Crippen LogP contribution in [0.3, 0.4) is 0 Å². The molecule has 0 N–H and O–H groups in total. The Morgan fingerprint density at radius 2 is 2.05 bits per heavy atom. The van der Waals surface area contributed by atoms with Gasteiger partial charge in [-0.3, -0.25) is 4.79 Å². The fourth-order valence-electron chi connectivity index (χ4n) is 2.23. The van der Waals surface area contributed by atoms with Crippen LogP contribution >= 0.6 is 0 Å². The molecule has 0 aliphatic heterocycles. The van der Waals surface area contributed by atoms with Crippen LogP contribution in [-0.2, 0) is 11.3 Å². The van der Waals surface area contributed by atoms with Crippen molar-refractivity contribution in [1.29, 1.82) is 5.26 Å². The van der Waals surface area contributed by atoms with Crippen LogP contribution in [0.15, 0.2) is 30.5 Å². The zero-order chi connectivity index (χ0) is 13.8. The third kappa shape index (κ3) is 2.60. The van der Waals surface area contributed by atoms with Crippen LogP contribution in [0.1, 0.15) is 19.4 Å². The lowest BCUT2D eigenvalue weighted by Gasteiger charge is -2.19. The molecule has 98 valence electrons. The molecule has 2 aromatic rings. The number of aromatic nitrogens is 1. The van der Waals surface area contributed by atoms with E-state index in [0.717, 1.165) is 24.0 Å². The lowest BCUT2D eigenvalue weighted by Crippen LogP contribution is -2.33. The van der Waals surface area contributed by atoms with Crippen molar-refractivity contribution >= 4 is 16.8 Å². The molecule has 0 fully saturated rings. The fraction of sp³-hybridized carbons (Fsp3) is 0.333. The van der Waals surface area contributed by atoms with Crippen LogP contribution in [0.2, 0.25) is 0 Å². The molecule has 0 radical (unpaired) electrons. The van der Waals surface area contributed by atoms with E-state index in [1.807, 2.05) is 47.7 Å². The Labute approximate surface area is 112 Å². The maximum Gasteiger partial charge on any atom is 0.242 e. The number of likely N-dealkylation sites (N-methyl/N-ethyl adjacent to an activating group) is 1. The van der Waals surface area contributed by atoms with Crippen molar-refractivity contribution in [3.8, 4) is 6.07 Å². The highest BCUT2D eigenvalue weighted by molar-refractivity contribution is 5.84. The predicted molar refractivity (Wildman–Crippen MR) is 74.6 cm³/mol. The third-order valence-electron chi connectivity index (χ3n) is 3.32. The Morgan fingerprint density at radius 3 is 2.68 bits per heavy atom. The second-order valence-electron chi connectivity index (χ2n) is 4.40. The minimum absolute atomic E-state index is 0.117. The number of rotatable bonds is 4. The van der Waals surface area contributed by atoms with Crippen LogP contribution in [-0.4, -0.2) is 28.5 Å². The van der Waals surface area contributed by atoms with E-state index in [9.17, 15) is 4.79 Å². The summed E-state index contributed by atoms with van der Waals surface area (Å²) in [6, 6.07) is 9.57. The topological polar surface area (TPSA) is 49.0 Å². The molecule has 0 unspecified atom stereocenters. The number of nitriles is 1. The van der Waals surface area contributed by atoms with Crippen molar-refractivity contribution in [3.05, 3.63) is 36.0 Å². The minimum Gasteiger partial charge on any atom is -0.342 e. The molecule has 1 amide bonds. The molecule has 0 spiro atoms. The average molecular weight is 255 g/mol. The van der Waals surface area contributed by atoms with Crippen LogP contribution in [0.4, 0.5) is 0 Å². The summed E-state index contributed by atoms with van der Waals surface area (Å²) in [5.74, 6) is 0.117. The number of hydrogen-bond donors (Lipinski definition) is 0. The Bertz CT molecular complexity index is 632. The smallest absolute Gasteiger partial charge is 0.242 e. The monoisotopic (exact) mass is 255 g/mol. The molecular weight excluding hydrogens is 238 g/mol. The molecule has 1 heterocycles. The van der Waals surface area contributed by atoms with Gasteiger partial charge in [-0.05, 0) is 38.1 Å². The van der Waals surface area contributed by atoms with Gasteiger partial charge in [-0.1, -0.05) is 0 Å². The van der Waals surface area contributed by atoms with Gasteiger partial charge in [0.1, 0.15) is 6.54 Å². The van der Waals surface area contributed by atoms with E-state index < -0.39 is 0 Å². The lowest BCUT2D eigenvalue weighted by molar-refractivity contribution is -0.131. The summed E-state index contributed by atoms with van der Waals surface area (Å²) in [5, 5.41) is 9.86. The standard InChI is InChI=1S/C15H17N3O/c1-3-17(4-2)15(19)11-18-8-7-13-9-12(10-16)5-6-14(13)18/h5-9H,3-4,11H2,1-2H3. The Kier molecular flexibility index (Phi) is 3.86. The first-order valence-electron chi connectivity index (χ1n) is 6.46. The number of hydrogen-bond acceptors (Lipinski definition) is 2. The zero-order valence-corrected chi connectivity index (χ0v) is 11.3. The van der Waals surface area contributed by atoms with E-state index in [0.29, 0.717) is 12.1 Å². The second-order valence-corrected chi connectivity index (χ2v) is 4.40. The second kappa shape index (κ2) is 5.57. The van der Waals surface area contributed by atoms with Gasteiger partial charge < -0.3 is 9.47 Å². The van der Waals surface area contributed by atoms with Crippen molar-refractivity contribution in [2.75, 3.05) is 13.1 Å². The molecule has 0 saturated carbocycles. The molecule has 4 heteroatoms. The molecule has 19 heavy (non-hydrogen) atoms. The van der Waals surface area contributed by atoms with Crippen molar-refractivity contribution < 1.29 is 4.79 Å². The van der Waals surface area contributed by atoms with Gasteiger partial charge in [0.2, 0.25) is 5.91 Å².